The van der Waals surface area contributed by atoms with E-state index in [0.717, 1.165) is 21.5 Å². The zero-order valence-electron chi connectivity index (χ0n) is 19.5. The van der Waals surface area contributed by atoms with Crippen LogP contribution in [0, 0.1) is 0 Å². The Kier molecular flexibility index (Phi) is 7.25. The lowest BCUT2D eigenvalue weighted by Crippen LogP contribution is -2.63. The molecule has 0 bridgehead atoms. The fraction of sp³-hybridized carbons (Fsp3) is 0.375. The summed E-state index contributed by atoms with van der Waals surface area (Å²) in [5.41, 5.74) is 9.66. The first-order chi connectivity index (χ1) is 16.8. The lowest BCUT2D eigenvalue weighted by molar-refractivity contribution is -0.144. The van der Waals surface area contributed by atoms with E-state index in [1.54, 1.807) is 11.7 Å². The fourth-order valence-electron chi connectivity index (χ4n) is 4.25. The van der Waals surface area contributed by atoms with Crippen LogP contribution in [0.15, 0.2) is 48.5 Å². The van der Waals surface area contributed by atoms with Crippen molar-refractivity contribution in [2.75, 3.05) is 19.6 Å². The fourth-order valence-corrected chi connectivity index (χ4v) is 4.25. The molecule has 1 unspecified atom stereocenters. The molecule has 0 radical (unpaired) electrons. The summed E-state index contributed by atoms with van der Waals surface area (Å²) >= 11 is 0. The summed E-state index contributed by atoms with van der Waals surface area (Å²) < 4.78 is 1.66. The molecule has 11 nitrogen and oxygen atoms in total. The smallest absolute Gasteiger partial charge is 0.407 e. The molecule has 3 amide bonds. The van der Waals surface area contributed by atoms with Gasteiger partial charge in [0.1, 0.15) is 11.6 Å². The highest BCUT2D eigenvalue weighted by Gasteiger charge is 2.38. The second-order valence-electron chi connectivity index (χ2n) is 8.66. The molecule has 2 heterocycles. The van der Waals surface area contributed by atoms with Crippen LogP contribution in [0.3, 0.4) is 0 Å². The number of hydrogen-bond acceptors (Lipinski definition) is 6. The van der Waals surface area contributed by atoms with Crippen LogP contribution in [-0.2, 0) is 29.6 Å². The van der Waals surface area contributed by atoms with Gasteiger partial charge >= 0.3 is 6.09 Å². The van der Waals surface area contributed by atoms with Gasteiger partial charge in [-0.1, -0.05) is 41.6 Å². The molecule has 2 atom stereocenters. The monoisotopic (exact) mass is 479 g/mol. The molecule has 11 heteroatoms. The normalized spacial score (nSPS) is 16.8. The molecular formula is C24H29N7O4. The Morgan fingerprint density at radius 1 is 1.14 bits per heavy atom. The molecule has 1 fully saturated rings. The number of nitrogens with one attached hydrogen (secondary N) is 1. The number of hydrogen-bond donors (Lipinski definition) is 3. The largest absolute Gasteiger partial charge is 0.465 e. The number of fused-ring (bicyclic) bond motifs is 1. The van der Waals surface area contributed by atoms with Crippen LogP contribution >= 0.6 is 0 Å². The van der Waals surface area contributed by atoms with Crippen LogP contribution in [0.4, 0.5) is 4.79 Å². The number of rotatable bonds is 7. The summed E-state index contributed by atoms with van der Waals surface area (Å²) in [6.07, 6.45) is -0.0738. The first-order valence-corrected chi connectivity index (χ1v) is 11.5. The summed E-state index contributed by atoms with van der Waals surface area (Å²) in [5, 5.41) is 20.3. The van der Waals surface area contributed by atoms with Gasteiger partial charge in [-0.15, -0.1) is 5.10 Å². The van der Waals surface area contributed by atoms with Gasteiger partial charge in [0, 0.05) is 26.7 Å². The van der Waals surface area contributed by atoms with E-state index in [9.17, 15) is 19.5 Å². The highest BCUT2D eigenvalue weighted by Crippen LogP contribution is 2.16. The zero-order chi connectivity index (χ0) is 24.9. The maximum Gasteiger partial charge on any atom is 0.407 e. The summed E-state index contributed by atoms with van der Waals surface area (Å²) in [5.74, 6) is -0.786. The maximum atomic E-state index is 13.2. The maximum absolute atomic E-state index is 13.2. The molecule has 184 valence electrons. The van der Waals surface area contributed by atoms with Gasteiger partial charge in [-0.05, 0) is 36.1 Å². The predicted octanol–water partition coefficient (Wildman–Crippen LogP) is 0.735. The Hall–Kier alpha value is -3.99. The lowest BCUT2D eigenvalue weighted by atomic mass is 10.0. The summed E-state index contributed by atoms with van der Waals surface area (Å²) in [4.78, 5) is 40.4. The highest BCUT2D eigenvalue weighted by molar-refractivity contribution is 5.90. The predicted molar refractivity (Wildman–Crippen MR) is 128 cm³/mol. The number of carbonyl (C=O) groups excluding carboxylic acids is 2. The van der Waals surface area contributed by atoms with Crippen molar-refractivity contribution in [1.29, 1.82) is 0 Å². The number of aryl methyl sites for hydroxylation is 2. The van der Waals surface area contributed by atoms with E-state index < -0.39 is 24.1 Å². The van der Waals surface area contributed by atoms with E-state index in [1.165, 1.54) is 4.90 Å². The Bertz CT molecular complexity index is 1210. The zero-order valence-corrected chi connectivity index (χ0v) is 19.5. The number of carbonyl (C=O) groups is 3. The van der Waals surface area contributed by atoms with Crippen molar-refractivity contribution >= 4 is 28.9 Å². The molecule has 1 aliphatic rings. The average Bonchev–Trinajstić information content (AvgIpc) is 3.25. The minimum Gasteiger partial charge on any atom is -0.465 e. The standard InChI is InChI=1S/C24H29N7O4/c1-29-20-10-8-17(13-19(20)27-28-29)14-26-22(32)21-15-30(24(34)35)11-12-31(21)23(33)18(25)9-7-16-5-3-2-4-6-16/h2-6,8,10,13,18,21H,7,9,11-12,14-15,25H2,1H3,(H,26,32)(H,34,35)/t18?,21-/m0/s1. The molecule has 2 aromatic carbocycles. The van der Waals surface area contributed by atoms with Gasteiger partial charge in [0.05, 0.1) is 18.1 Å². The summed E-state index contributed by atoms with van der Waals surface area (Å²) in [6.45, 7) is 0.325. The lowest BCUT2D eigenvalue weighted by Gasteiger charge is -2.40. The second-order valence-corrected chi connectivity index (χ2v) is 8.66. The first-order valence-electron chi connectivity index (χ1n) is 11.5. The van der Waals surface area contributed by atoms with Crippen LogP contribution < -0.4 is 11.1 Å². The quantitative estimate of drug-likeness (QED) is 0.453. The van der Waals surface area contributed by atoms with Crippen molar-refractivity contribution < 1.29 is 19.5 Å². The molecule has 35 heavy (non-hydrogen) atoms. The van der Waals surface area contributed by atoms with Gasteiger partial charge in [0.2, 0.25) is 11.8 Å². The van der Waals surface area contributed by atoms with Crippen molar-refractivity contribution in [3.05, 3.63) is 59.7 Å². The summed E-state index contributed by atoms with van der Waals surface area (Å²) in [7, 11) is 1.80. The number of amides is 3. The second kappa shape index (κ2) is 10.5. The number of carboxylic acid groups (broad SMARTS) is 1. The Morgan fingerprint density at radius 2 is 1.91 bits per heavy atom. The van der Waals surface area contributed by atoms with E-state index in [2.05, 4.69) is 15.6 Å². The number of benzene rings is 2. The number of aromatic nitrogens is 3. The third-order valence-corrected chi connectivity index (χ3v) is 6.28. The van der Waals surface area contributed by atoms with Gasteiger partial charge in [-0.3, -0.25) is 9.59 Å². The molecular weight excluding hydrogens is 450 g/mol. The number of nitrogens with two attached hydrogens (primary N) is 1. The SMILES string of the molecule is Cn1nnc2cc(CNC(=O)[C@@H]3CN(C(=O)O)CCN3C(=O)C(N)CCc3ccccc3)ccc21. The first kappa shape index (κ1) is 24.1. The van der Waals surface area contributed by atoms with Gasteiger partial charge in [0.15, 0.2) is 0 Å². The molecule has 4 N–H and O–H groups in total. The topological polar surface area (TPSA) is 147 Å². The van der Waals surface area contributed by atoms with Gasteiger partial charge < -0.3 is 26.0 Å². The third kappa shape index (κ3) is 5.57. The van der Waals surface area contributed by atoms with Gasteiger partial charge in [-0.25, -0.2) is 9.48 Å². The molecule has 0 saturated carbocycles. The Labute approximate surface area is 202 Å². The Morgan fingerprint density at radius 3 is 2.66 bits per heavy atom. The van der Waals surface area contributed by atoms with Crippen molar-refractivity contribution in [2.45, 2.75) is 31.5 Å². The molecule has 3 aromatic rings. The molecule has 0 aliphatic carbocycles. The molecule has 4 rings (SSSR count). The summed E-state index contributed by atoms with van der Waals surface area (Å²) in [6, 6.07) is 13.5. The minimum atomic E-state index is -1.13. The minimum absolute atomic E-state index is 0.105. The third-order valence-electron chi connectivity index (χ3n) is 6.28. The van der Waals surface area contributed by atoms with Crippen LogP contribution in [0.2, 0.25) is 0 Å². The molecule has 1 aliphatic heterocycles. The van der Waals surface area contributed by atoms with Crippen LogP contribution in [-0.4, -0.2) is 79.5 Å². The van der Waals surface area contributed by atoms with Gasteiger partial charge in [0.25, 0.3) is 0 Å². The van der Waals surface area contributed by atoms with Crippen molar-refractivity contribution in [1.82, 2.24) is 30.1 Å². The van der Waals surface area contributed by atoms with Crippen LogP contribution in [0.25, 0.3) is 11.0 Å². The van der Waals surface area contributed by atoms with Crippen molar-refractivity contribution in [2.24, 2.45) is 12.8 Å². The van der Waals surface area contributed by atoms with E-state index in [-0.39, 0.29) is 32.1 Å². The molecule has 0 spiro atoms. The van der Waals surface area contributed by atoms with Gasteiger partial charge in [-0.2, -0.15) is 0 Å². The van der Waals surface area contributed by atoms with E-state index in [0.29, 0.717) is 18.4 Å². The molecule has 1 saturated heterocycles. The van der Waals surface area contributed by atoms with E-state index in [4.69, 9.17) is 5.73 Å². The number of nitrogens with zero attached hydrogens (tertiary/aromatic N) is 5. The van der Waals surface area contributed by atoms with Crippen LogP contribution in [0.5, 0.6) is 0 Å². The van der Waals surface area contributed by atoms with Crippen molar-refractivity contribution in [3.8, 4) is 0 Å². The average molecular weight is 480 g/mol. The van der Waals surface area contributed by atoms with Crippen LogP contribution in [0.1, 0.15) is 17.5 Å². The van der Waals surface area contributed by atoms with E-state index >= 15 is 0 Å². The highest BCUT2D eigenvalue weighted by atomic mass is 16.4. The van der Waals surface area contributed by atoms with E-state index in [1.807, 2.05) is 48.5 Å². The Balaban J connectivity index is 1.42. The molecule has 1 aromatic heterocycles. The van der Waals surface area contributed by atoms with Crippen molar-refractivity contribution in [3.63, 3.8) is 0 Å². The number of piperazine rings is 1.